The SMILES string of the molecule is CNC(C(=O)O)c1cnn(C)n1. The summed E-state index contributed by atoms with van der Waals surface area (Å²) in [4.78, 5) is 11.9. The second kappa shape index (κ2) is 3.31. The predicted octanol–water partition coefficient (Wildman–Crippen LogP) is -0.840. The first-order valence-corrected chi connectivity index (χ1v) is 3.41. The molecule has 0 bridgehead atoms. The molecule has 12 heavy (non-hydrogen) atoms. The van der Waals surface area contributed by atoms with Crippen LogP contribution in [-0.4, -0.2) is 33.1 Å². The molecular formula is C6H10N4O2. The van der Waals surface area contributed by atoms with Crippen LogP contribution in [0.5, 0.6) is 0 Å². The molecule has 1 rings (SSSR count). The summed E-state index contributed by atoms with van der Waals surface area (Å²) in [5, 5.41) is 18.9. The van der Waals surface area contributed by atoms with E-state index >= 15 is 0 Å². The fourth-order valence-corrected chi connectivity index (χ4v) is 0.892. The molecule has 1 unspecified atom stereocenters. The Labute approximate surface area is 69.2 Å². The first-order chi connectivity index (χ1) is 5.65. The Morgan fingerprint density at radius 3 is 2.83 bits per heavy atom. The van der Waals surface area contributed by atoms with Gasteiger partial charge in [-0.25, -0.2) is 0 Å². The Bertz CT molecular complexity index is 283. The van der Waals surface area contributed by atoms with E-state index in [1.807, 2.05) is 0 Å². The number of hydrogen-bond acceptors (Lipinski definition) is 4. The molecule has 1 atom stereocenters. The van der Waals surface area contributed by atoms with Crippen molar-refractivity contribution in [2.45, 2.75) is 6.04 Å². The third-order valence-electron chi connectivity index (χ3n) is 1.45. The quantitative estimate of drug-likeness (QED) is 0.618. The van der Waals surface area contributed by atoms with Crippen LogP contribution in [-0.2, 0) is 11.8 Å². The van der Waals surface area contributed by atoms with E-state index in [2.05, 4.69) is 15.5 Å². The van der Waals surface area contributed by atoms with Crippen LogP contribution in [0, 0.1) is 0 Å². The molecule has 1 aromatic heterocycles. The Morgan fingerprint density at radius 1 is 1.83 bits per heavy atom. The second-order valence-corrected chi connectivity index (χ2v) is 2.32. The zero-order valence-corrected chi connectivity index (χ0v) is 6.85. The fraction of sp³-hybridized carbons (Fsp3) is 0.500. The van der Waals surface area contributed by atoms with E-state index < -0.39 is 12.0 Å². The lowest BCUT2D eigenvalue weighted by molar-refractivity contribution is -0.139. The zero-order chi connectivity index (χ0) is 9.14. The first-order valence-electron chi connectivity index (χ1n) is 3.41. The molecule has 6 heteroatoms. The first kappa shape index (κ1) is 8.66. The van der Waals surface area contributed by atoms with Crippen molar-refractivity contribution in [1.82, 2.24) is 20.3 Å². The van der Waals surface area contributed by atoms with Crippen molar-refractivity contribution in [1.29, 1.82) is 0 Å². The Hall–Kier alpha value is -1.43. The highest BCUT2D eigenvalue weighted by Crippen LogP contribution is 2.06. The average molecular weight is 170 g/mol. The molecule has 0 saturated heterocycles. The molecule has 66 valence electrons. The number of aliphatic carboxylic acids is 1. The number of nitrogens with one attached hydrogen (secondary N) is 1. The lowest BCUT2D eigenvalue weighted by Crippen LogP contribution is -2.25. The number of nitrogens with zero attached hydrogens (tertiary/aromatic N) is 3. The lowest BCUT2D eigenvalue weighted by Gasteiger charge is -2.05. The monoisotopic (exact) mass is 170 g/mol. The zero-order valence-electron chi connectivity index (χ0n) is 6.85. The summed E-state index contributed by atoms with van der Waals surface area (Å²) in [5.41, 5.74) is 0.410. The average Bonchev–Trinajstić information content (AvgIpc) is 2.37. The fourth-order valence-electron chi connectivity index (χ4n) is 0.892. The highest BCUT2D eigenvalue weighted by atomic mass is 16.4. The van der Waals surface area contributed by atoms with Gasteiger partial charge in [-0.05, 0) is 7.05 Å². The molecule has 0 saturated carbocycles. The van der Waals surface area contributed by atoms with E-state index in [0.717, 1.165) is 0 Å². The van der Waals surface area contributed by atoms with Crippen LogP contribution in [0.3, 0.4) is 0 Å². The van der Waals surface area contributed by atoms with Crippen molar-refractivity contribution in [2.75, 3.05) is 7.05 Å². The normalized spacial score (nSPS) is 12.8. The predicted molar refractivity (Wildman–Crippen MR) is 40.4 cm³/mol. The van der Waals surface area contributed by atoms with Gasteiger partial charge in [0.05, 0.1) is 6.20 Å². The largest absolute Gasteiger partial charge is 0.480 e. The maximum Gasteiger partial charge on any atom is 0.327 e. The van der Waals surface area contributed by atoms with Crippen LogP contribution in [0.4, 0.5) is 0 Å². The maximum absolute atomic E-state index is 10.6. The number of carbonyl (C=O) groups is 1. The van der Waals surface area contributed by atoms with Crippen molar-refractivity contribution in [3.8, 4) is 0 Å². The van der Waals surface area contributed by atoms with Gasteiger partial charge in [-0.15, -0.1) is 0 Å². The Kier molecular flexibility index (Phi) is 2.39. The van der Waals surface area contributed by atoms with Gasteiger partial charge in [0.15, 0.2) is 6.04 Å². The topological polar surface area (TPSA) is 80.0 Å². The van der Waals surface area contributed by atoms with Crippen LogP contribution >= 0.6 is 0 Å². The second-order valence-electron chi connectivity index (χ2n) is 2.32. The number of rotatable bonds is 3. The summed E-state index contributed by atoms with van der Waals surface area (Å²) in [6.07, 6.45) is 1.43. The molecule has 0 radical (unpaired) electrons. The standard InChI is InChI=1S/C6H10N4O2/c1-7-5(6(11)12)4-3-8-10(2)9-4/h3,5,7H,1-2H3,(H,11,12). The van der Waals surface area contributed by atoms with E-state index in [1.54, 1.807) is 14.1 Å². The minimum absolute atomic E-state index is 0.410. The van der Waals surface area contributed by atoms with Crippen molar-refractivity contribution in [3.63, 3.8) is 0 Å². The maximum atomic E-state index is 10.6. The van der Waals surface area contributed by atoms with E-state index in [0.29, 0.717) is 5.69 Å². The summed E-state index contributed by atoms with van der Waals surface area (Å²) in [5.74, 6) is -0.960. The van der Waals surface area contributed by atoms with Crippen molar-refractivity contribution < 1.29 is 9.90 Å². The van der Waals surface area contributed by atoms with E-state index in [9.17, 15) is 4.79 Å². The molecule has 1 heterocycles. The molecule has 0 amide bonds. The number of hydrogen-bond donors (Lipinski definition) is 2. The van der Waals surface area contributed by atoms with Crippen LogP contribution in [0.15, 0.2) is 6.20 Å². The van der Waals surface area contributed by atoms with Crippen molar-refractivity contribution in [2.24, 2.45) is 7.05 Å². The van der Waals surface area contributed by atoms with Gasteiger partial charge in [-0.2, -0.15) is 15.0 Å². The lowest BCUT2D eigenvalue weighted by atomic mass is 10.2. The summed E-state index contributed by atoms with van der Waals surface area (Å²) in [7, 11) is 3.20. The van der Waals surface area contributed by atoms with Gasteiger partial charge < -0.3 is 10.4 Å². The highest BCUT2D eigenvalue weighted by molar-refractivity contribution is 5.74. The minimum Gasteiger partial charge on any atom is -0.480 e. The van der Waals surface area contributed by atoms with Crippen LogP contribution in [0.25, 0.3) is 0 Å². The van der Waals surface area contributed by atoms with Crippen molar-refractivity contribution >= 4 is 5.97 Å². The number of likely N-dealkylation sites (N-methyl/N-ethyl adjacent to an activating group) is 1. The van der Waals surface area contributed by atoms with Crippen LogP contribution in [0.2, 0.25) is 0 Å². The molecule has 1 aromatic rings. The molecule has 0 spiro atoms. The van der Waals surface area contributed by atoms with Crippen molar-refractivity contribution in [3.05, 3.63) is 11.9 Å². The van der Waals surface area contributed by atoms with Gasteiger partial charge in [0.25, 0.3) is 0 Å². The van der Waals surface area contributed by atoms with Gasteiger partial charge in [-0.1, -0.05) is 0 Å². The third kappa shape index (κ3) is 1.59. The molecule has 0 aliphatic rings. The van der Waals surface area contributed by atoms with Gasteiger partial charge in [0.1, 0.15) is 5.69 Å². The highest BCUT2D eigenvalue weighted by Gasteiger charge is 2.20. The smallest absolute Gasteiger partial charge is 0.327 e. The van der Waals surface area contributed by atoms with Gasteiger partial charge in [-0.3, -0.25) is 4.79 Å². The third-order valence-corrected chi connectivity index (χ3v) is 1.45. The molecule has 0 aliphatic carbocycles. The Balaban J connectivity index is 2.87. The van der Waals surface area contributed by atoms with E-state index in [1.165, 1.54) is 11.0 Å². The molecule has 6 nitrogen and oxygen atoms in total. The molecule has 0 aliphatic heterocycles. The number of aryl methyl sites for hydroxylation is 1. The van der Waals surface area contributed by atoms with Crippen LogP contribution in [0.1, 0.15) is 11.7 Å². The number of aromatic nitrogens is 3. The molecule has 2 N–H and O–H groups in total. The summed E-state index contributed by atoms with van der Waals surface area (Å²) in [6, 6.07) is -0.779. The molecule has 0 aromatic carbocycles. The minimum atomic E-state index is -0.960. The van der Waals surface area contributed by atoms with E-state index in [4.69, 9.17) is 5.11 Å². The van der Waals surface area contributed by atoms with Crippen LogP contribution < -0.4 is 5.32 Å². The Morgan fingerprint density at radius 2 is 2.50 bits per heavy atom. The number of carboxylic acid groups (broad SMARTS) is 1. The summed E-state index contributed by atoms with van der Waals surface area (Å²) < 4.78 is 0. The van der Waals surface area contributed by atoms with Gasteiger partial charge >= 0.3 is 5.97 Å². The molecule has 0 fully saturated rings. The van der Waals surface area contributed by atoms with Gasteiger partial charge in [0, 0.05) is 7.05 Å². The number of carboxylic acids is 1. The van der Waals surface area contributed by atoms with E-state index in [-0.39, 0.29) is 0 Å². The molecular weight excluding hydrogens is 160 g/mol. The summed E-state index contributed by atoms with van der Waals surface area (Å²) >= 11 is 0. The van der Waals surface area contributed by atoms with Gasteiger partial charge in [0.2, 0.25) is 0 Å². The summed E-state index contributed by atoms with van der Waals surface area (Å²) in [6.45, 7) is 0.